The molecule has 0 N–H and O–H groups in total. The fourth-order valence-corrected chi connectivity index (χ4v) is 0.924. The fraction of sp³-hybridized carbons (Fsp3) is 0.250. The molecule has 0 bridgehead atoms. The SMILES string of the molecule is COc1ccc(OB=O)c(OC)c1. The summed E-state index contributed by atoms with van der Waals surface area (Å²) >= 11 is 0. The molecule has 0 aliphatic heterocycles. The molecule has 0 aliphatic rings. The molecule has 4 nitrogen and oxygen atoms in total. The van der Waals surface area contributed by atoms with Crippen molar-refractivity contribution in [2.24, 2.45) is 0 Å². The van der Waals surface area contributed by atoms with Crippen molar-refractivity contribution in [2.75, 3.05) is 14.2 Å². The van der Waals surface area contributed by atoms with Crippen LogP contribution in [-0.2, 0) is 4.70 Å². The minimum atomic E-state index is 0.352. The van der Waals surface area contributed by atoms with Gasteiger partial charge in [-0.15, -0.1) is 0 Å². The van der Waals surface area contributed by atoms with Crippen molar-refractivity contribution in [1.82, 2.24) is 0 Å². The number of ether oxygens (including phenoxy) is 2. The van der Waals surface area contributed by atoms with Gasteiger partial charge in [-0.05, 0) is 0 Å². The molecule has 0 fully saturated rings. The summed E-state index contributed by atoms with van der Waals surface area (Å²) in [7, 11) is 3.39. The molecular weight excluding hydrogens is 171 g/mol. The van der Waals surface area contributed by atoms with Crippen LogP contribution in [0.2, 0.25) is 0 Å². The molecule has 0 saturated heterocycles. The Balaban J connectivity index is 3.00. The van der Waals surface area contributed by atoms with Crippen LogP contribution in [0.1, 0.15) is 0 Å². The Morgan fingerprint density at radius 1 is 1.15 bits per heavy atom. The zero-order valence-electron chi connectivity index (χ0n) is 7.44. The van der Waals surface area contributed by atoms with Gasteiger partial charge in [-0.3, -0.25) is 0 Å². The van der Waals surface area contributed by atoms with Crippen LogP contribution < -0.4 is 14.1 Å². The van der Waals surface area contributed by atoms with Crippen molar-refractivity contribution in [3.05, 3.63) is 18.2 Å². The van der Waals surface area contributed by atoms with Gasteiger partial charge in [-0.1, -0.05) is 0 Å². The Bertz CT molecular complexity index is 300. The predicted octanol–water partition coefficient (Wildman–Crippen LogP) is 1.05. The van der Waals surface area contributed by atoms with E-state index in [0.717, 1.165) is 0 Å². The third-order valence-electron chi connectivity index (χ3n) is 1.55. The van der Waals surface area contributed by atoms with Crippen molar-refractivity contribution in [3.63, 3.8) is 0 Å². The van der Waals surface area contributed by atoms with Gasteiger partial charge >= 0.3 is 75.9 Å². The third-order valence-corrected chi connectivity index (χ3v) is 1.55. The molecule has 0 radical (unpaired) electrons. The molecule has 0 aliphatic carbocycles. The van der Waals surface area contributed by atoms with Crippen molar-refractivity contribution in [2.45, 2.75) is 0 Å². The topological polar surface area (TPSA) is 44.8 Å². The minimum absolute atomic E-state index is 0.352. The van der Waals surface area contributed by atoms with Crippen LogP contribution in [0.25, 0.3) is 0 Å². The standard InChI is InChI=1S/C8H9BO4/c1-11-6-3-4-7(13-9-10)8(5-6)12-2/h3-5H,1-2H3. The molecule has 5 heteroatoms. The van der Waals surface area contributed by atoms with E-state index in [1.165, 1.54) is 7.11 Å². The number of benzene rings is 1. The third kappa shape index (κ3) is 2.21. The fourth-order valence-electron chi connectivity index (χ4n) is 0.924. The second kappa shape index (κ2) is 4.50. The molecule has 1 rings (SSSR count). The Labute approximate surface area is 76.7 Å². The first kappa shape index (κ1) is 9.57. The summed E-state index contributed by atoms with van der Waals surface area (Å²) in [5, 5.41) is 0. The van der Waals surface area contributed by atoms with Gasteiger partial charge in [0.05, 0.1) is 0 Å². The first-order valence-electron chi connectivity index (χ1n) is 3.64. The maximum absolute atomic E-state index is 10.1. The molecule has 13 heavy (non-hydrogen) atoms. The van der Waals surface area contributed by atoms with Crippen molar-refractivity contribution >= 4 is 7.35 Å². The van der Waals surface area contributed by atoms with Crippen LogP contribution in [0, 0.1) is 0 Å². The zero-order valence-corrected chi connectivity index (χ0v) is 7.44. The Kier molecular flexibility index (Phi) is 3.31. The first-order chi connectivity index (χ1) is 6.31. The van der Waals surface area contributed by atoms with Crippen molar-refractivity contribution < 1.29 is 18.8 Å². The maximum atomic E-state index is 10.1. The Morgan fingerprint density at radius 2 is 1.92 bits per heavy atom. The normalized spacial score (nSPS) is 8.77. The second-order valence-corrected chi connectivity index (χ2v) is 2.23. The molecule has 68 valence electrons. The molecule has 0 saturated carbocycles. The summed E-state index contributed by atoms with van der Waals surface area (Å²) in [6, 6.07) is 4.92. The zero-order chi connectivity index (χ0) is 9.68. The van der Waals surface area contributed by atoms with E-state index in [1.54, 1.807) is 25.3 Å². The first-order valence-corrected chi connectivity index (χ1v) is 3.64. The van der Waals surface area contributed by atoms with Crippen LogP contribution in [0.15, 0.2) is 18.2 Å². The van der Waals surface area contributed by atoms with Gasteiger partial charge < -0.3 is 0 Å². The molecule has 0 aromatic heterocycles. The van der Waals surface area contributed by atoms with E-state index < -0.39 is 0 Å². The van der Waals surface area contributed by atoms with Gasteiger partial charge in [-0.2, -0.15) is 0 Å². The Morgan fingerprint density at radius 3 is 2.46 bits per heavy atom. The van der Waals surface area contributed by atoms with Gasteiger partial charge in [0.25, 0.3) is 0 Å². The van der Waals surface area contributed by atoms with Crippen molar-refractivity contribution in [1.29, 1.82) is 0 Å². The van der Waals surface area contributed by atoms with Gasteiger partial charge in [-0.25, -0.2) is 0 Å². The molecule has 0 heterocycles. The van der Waals surface area contributed by atoms with Crippen molar-refractivity contribution in [3.8, 4) is 17.2 Å². The summed E-state index contributed by atoms with van der Waals surface area (Å²) in [6.45, 7) is 0. The molecule has 0 amide bonds. The van der Waals surface area contributed by atoms with Crippen LogP contribution in [0.4, 0.5) is 0 Å². The van der Waals surface area contributed by atoms with E-state index in [2.05, 4.69) is 4.65 Å². The summed E-state index contributed by atoms with van der Waals surface area (Å²) in [5.74, 6) is 1.49. The van der Waals surface area contributed by atoms with E-state index >= 15 is 0 Å². The number of methoxy groups -OCH3 is 2. The van der Waals surface area contributed by atoms with Crippen LogP contribution in [0.5, 0.6) is 17.2 Å². The van der Waals surface area contributed by atoms with Gasteiger partial charge in [0.15, 0.2) is 0 Å². The quantitative estimate of drug-likeness (QED) is 0.649. The predicted molar refractivity (Wildman–Crippen MR) is 46.6 cm³/mol. The van der Waals surface area contributed by atoms with E-state index in [0.29, 0.717) is 24.6 Å². The van der Waals surface area contributed by atoms with Crippen LogP contribution >= 0.6 is 0 Å². The summed E-state index contributed by atoms with van der Waals surface area (Å²) < 4.78 is 24.7. The molecule has 1 aromatic rings. The van der Waals surface area contributed by atoms with Crippen LogP contribution in [0.3, 0.4) is 0 Å². The molecule has 0 unspecified atom stereocenters. The van der Waals surface area contributed by atoms with E-state index in [-0.39, 0.29) is 0 Å². The van der Waals surface area contributed by atoms with Gasteiger partial charge in [0.2, 0.25) is 0 Å². The van der Waals surface area contributed by atoms with Crippen LogP contribution in [-0.4, -0.2) is 21.6 Å². The van der Waals surface area contributed by atoms with Gasteiger partial charge in [0.1, 0.15) is 0 Å². The van der Waals surface area contributed by atoms with E-state index in [9.17, 15) is 4.70 Å². The Hall–Kier alpha value is -1.52. The monoisotopic (exact) mass is 180 g/mol. The average Bonchev–Trinajstić information content (AvgIpc) is 2.19. The number of hydrogen-bond acceptors (Lipinski definition) is 4. The molecular formula is C8H9BO4. The van der Waals surface area contributed by atoms with E-state index in [1.807, 2.05) is 0 Å². The number of rotatable bonds is 4. The molecule has 1 aromatic carbocycles. The van der Waals surface area contributed by atoms with E-state index in [4.69, 9.17) is 9.47 Å². The number of hydrogen-bond donors (Lipinski definition) is 0. The second-order valence-electron chi connectivity index (χ2n) is 2.23. The van der Waals surface area contributed by atoms with Gasteiger partial charge in [0, 0.05) is 0 Å². The summed E-state index contributed by atoms with van der Waals surface area (Å²) in [5.41, 5.74) is 0. The summed E-state index contributed by atoms with van der Waals surface area (Å²) in [6.07, 6.45) is 0. The summed E-state index contributed by atoms with van der Waals surface area (Å²) in [4.78, 5) is 0. The molecule has 0 spiro atoms. The average molecular weight is 180 g/mol. The molecule has 0 atom stereocenters.